The van der Waals surface area contributed by atoms with E-state index in [-0.39, 0.29) is 5.82 Å². The van der Waals surface area contributed by atoms with Crippen molar-refractivity contribution in [2.45, 2.75) is 26.6 Å². The third kappa shape index (κ3) is 3.51. The van der Waals surface area contributed by atoms with Crippen LogP contribution in [0.25, 0.3) is 0 Å². The van der Waals surface area contributed by atoms with Crippen molar-refractivity contribution >= 4 is 0 Å². The average Bonchev–Trinajstić information content (AvgIpc) is 2.37. The standard InChI is InChI=1S/C15H16FNO2/c1-10-5-12(8-17-7-10)9-19-15-4-3-13(16)6-14(15)11(2)18/h3-8,11,18H,9H2,1-2H3. The Kier molecular flexibility index (Phi) is 4.12. The van der Waals surface area contributed by atoms with Crippen molar-refractivity contribution < 1.29 is 14.2 Å². The topological polar surface area (TPSA) is 42.4 Å². The average molecular weight is 261 g/mol. The molecule has 0 saturated carbocycles. The van der Waals surface area contributed by atoms with E-state index in [1.54, 1.807) is 19.3 Å². The molecule has 0 fully saturated rings. The Labute approximate surface area is 111 Å². The molecular weight excluding hydrogens is 245 g/mol. The van der Waals surface area contributed by atoms with Gasteiger partial charge in [0, 0.05) is 23.5 Å². The van der Waals surface area contributed by atoms with Gasteiger partial charge in [0.2, 0.25) is 0 Å². The molecular formula is C15H16FNO2. The summed E-state index contributed by atoms with van der Waals surface area (Å²) in [4.78, 5) is 4.08. The van der Waals surface area contributed by atoms with Gasteiger partial charge in [-0.05, 0) is 43.7 Å². The van der Waals surface area contributed by atoms with Crippen LogP contribution in [0, 0.1) is 12.7 Å². The zero-order valence-electron chi connectivity index (χ0n) is 10.9. The number of aliphatic hydroxyl groups excluding tert-OH is 1. The summed E-state index contributed by atoms with van der Waals surface area (Å²) in [7, 11) is 0. The summed E-state index contributed by atoms with van der Waals surface area (Å²) in [5, 5.41) is 9.61. The zero-order chi connectivity index (χ0) is 13.8. The Hall–Kier alpha value is -1.94. The first kappa shape index (κ1) is 13.5. The van der Waals surface area contributed by atoms with Crippen molar-refractivity contribution in [1.82, 2.24) is 4.98 Å². The quantitative estimate of drug-likeness (QED) is 0.919. The van der Waals surface area contributed by atoms with Crippen LogP contribution >= 0.6 is 0 Å². The lowest BCUT2D eigenvalue weighted by molar-refractivity contribution is 0.189. The normalized spacial score (nSPS) is 12.2. The van der Waals surface area contributed by atoms with E-state index in [2.05, 4.69) is 4.98 Å². The molecule has 1 aromatic heterocycles. The van der Waals surface area contributed by atoms with Crippen LogP contribution in [0.15, 0.2) is 36.7 Å². The molecule has 1 heterocycles. The number of hydrogen-bond acceptors (Lipinski definition) is 3. The number of aliphatic hydroxyl groups is 1. The monoisotopic (exact) mass is 261 g/mol. The molecule has 2 rings (SSSR count). The van der Waals surface area contributed by atoms with E-state index < -0.39 is 6.10 Å². The summed E-state index contributed by atoms with van der Waals surface area (Å²) in [6, 6.07) is 6.10. The first-order chi connectivity index (χ1) is 9.06. The molecule has 1 atom stereocenters. The number of nitrogens with zero attached hydrogens (tertiary/aromatic N) is 1. The smallest absolute Gasteiger partial charge is 0.125 e. The molecule has 1 aromatic carbocycles. The van der Waals surface area contributed by atoms with Crippen LogP contribution in [0.4, 0.5) is 4.39 Å². The first-order valence-corrected chi connectivity index (χ1v) is 6.07. The van der Waals surface area contributed by atoms with Crippen molar-refractivity contribution in [1.29, 1.82) is 0 Å². The van der Waals surface area contributed by atoms with E-state index in [4.69, 9.17) is 4.74 Å². The number of pyridine rings is 1. The van der Waals surface area contributed by atoms with Crippen LogP contribution in [0.1, 0.15) is 29.7 Å². The molecule has 0 saturated heterocycles. The molecule has 0 aliphatic rings. The number of aryl methyl sites for hydroxylation is 1. The van der Waals surface area contributed by atoms with E-state index in [0.717, 1.165) is 11.1 Å². The van der Waals surface area contributed by atoms with Gasteiger partial charge in [-0.25, -0.2) is 4.39 Å². The van der Waals surface area contributed by atoms with Crippen LogP contribution in [0.2, 0.25) is 0 Å². The molecule has 0 bridgehead atoms. The van der Waals surface area contributed by atoms with Crippen molar-refractivity contribution in [2.75, 3.05) is 0 Å². The van der Waals surface area contributed by atoms with Gasteiger partial charge in [0.15, 0.2) is 0 Å². The van der Waals surface area contributed by atoms with Gasteiger partial charge >= 0.3 is 0 Å². The maximum absolute atomic E-state index is 13.1. The SMILES string of the molecule is Cc1cncc(COc2ccc(F)cc2C(C)O)c1. The van der Waals surface area contributed by atoms with E-state index in [9.17, 15) is 9.50 Å². The lowest BCUT2D eigenvalue weighted by Crippen LogP contribution is -2.02. The summed E-state index contributed by atoms with van der Waals surface area (Å²) in [5.41, 5.74) is 2.43. The highest BCUT2D eigenvalue weighted by molar-refractivity contribution is 5.35. The third-order valence-corrected chi connectivity index (χ3v) is 2.75. The highest BCUT2D eigenvalue weighted by atomic mass is 19.1. The van der Waals surface area contributed by atoms with Crippen molar-refractivity contribution in [3.8, 4) is 5.75 Å². The predicted molar refractivity (Wildman–Crippen MR) is 70.3 cm³/mol. The molecule has 2 aromatic rings. The molecule has 1 N–H and O–H groups in total. The van der Waals surface area contributed by atoms with Crippen LogP contribution in [0.3, 0.4) is 0 Å². The molecule has 3 nitrogen and oxygen atoms in total. The molecule has 1 unspecified atom stereocenters. The van der Waals surface area contributed by atoms with Crippen LogP contribution in [-0.4, -0.2) is 10.1 Å². The lowest BCUT2D eigenvalue weighted by atomic mass is 10.1. The van der Waals surface area contributed by atoms with E-state index in [1.165, 1.54) is 18.2 Å². The Morgan fingerprint density at radius 3 is 2.79 bits per heavy atom. The van der Waals surface area contributed by atoms with Gasteiger partial charge in [-0.15, -0.1) is 0 Å². The fourth-order valence-corrected chi connectivity index (χ4v) is 1.83. The minimum Gasteiger partial charge on any atom is -0.488 e. The number of ether oxygens (including phenoxy) is 1. The number of aromatic nitrogens is 1. The second kappa shape index (κ2) is 5.80. The number of hydrogen-bond donors (Lipinski definition) is 1. The zero-order valence-corrected chi connectivity index (χ0v) is 10.9. The lowest BCUT2D eigenvalue weighted by Gasteiger charge is -2.13. The first-order valence-electron chi connectivity index (χ1n) is 6.07. The Balaban J connectivity index is 2.15. The molecule has 0 spiro atoms. The summed E-state index contributed by atoms with van der Waals surface area (Å²) in [6.45, 7) is 3.87. The van der Waals surface area contributed by atoms with E-state index in [1.807, 2.05) is 13.0 Å². The van der Waals surface area contributed by atoms with Crippen LogP contribution < -0.4 is 4.74 Å². The Bertz CT molecular complexity index is 570. The number of halogens is 1. The summed E-state index contributed by atoms with van der Waals surface area (Å²) >= 11 is 0. The second-order valence-electron chi connectivity index (χ2n) is 4.52. The maximum atomic E-state index is 13.1. The molecule has 0 aliphatic heterocycles. The van der Waals surface area contributed by atoms with E-state index in [0.29, 0.717) is 17.9 Å². The van der Waals surface area contributed by atoms with Gasteiger partial charge in [-0.3, -0.25) is 4.98 Å². The van der Waals surface area contributed by atoms with Crippen molar-refractivity contribution in [2.24, 2.45) is 0 Å². The second-order valence-corrected chi connectivity index (χ2v) is 4.52. The van der Waals surface area contributed by atoms with Crippen molar-refractivity contribution in [3.05, 3.63) is 59.2 Å². The summed E-state index contributed by atoms with van der Waals surface area (Å²) < 4.78 is 18.8. The van der Waals surface area contributed by atoms with Gasteiger partial charge < -0.3 is 9.84 Å². The Morgan fingerprint density at radius 2 is 2.11 bits per heavy atom. The van der Waals surface area contributed by atoms with Gasteiger partial charge in [0.25, 0.3) is 0 Å². The summed E-state index contributed by atoms with van der Waals surface area (Å²) in [5.74, 6) is 0.0957. The largest absolute Gasteiger partial charge is 0.488 e. The van der Waals surface area contributed by atoms with Gasteiger partial charge in [0.1, 0.15) is 18.2 Å². The minimum atomic E-state index is -0.777. The maximum Gasteiger partial charge on any atom is 0.125 e. The molecule has 0 amide bonds. The number of rotatable bonds is 4. The molecule has 0 radical (unpaired) electrons. The Morgan fingerprint density at radius 1 is 1.32 bits per heavy atom. The highest BCUT2D eigenvalue weighted by Gasteiger charge is 2.10. The highest BCUT2D eigenvalue weighted by Crippen LogP contribution is 2.26. The minimum absolute atomic E-state index is 0.333. The molecule has 19 heavy (non-hydrogen) atoms. The fraction of sp³-hybridized carbons (Fsp3) is 0.267. The van der Waals surface area contributed by atoms with E-state index >= 15 is 0 Å². The third-order valence-electron chi connectivity index (χ3n) is 2.75. The number of benzene rings is 1. The van der Waals surface area contributed by atoms with Crippen LogP contribution in [-0.2, 0) is 6.61 Å². The molecule has 4 heteroatoms. The predicted octanol–water partition coefficient (Wildman–Crippen LogP) is 3.16. The summed E-state index contributed by atoms with van der Waals surface area (Å²) in [6.07, 6.45) is 2.71. The van der Waals surface area contributed by atoms with Crippen LogP contribution in [0.5, 0.6) is 5.75 Å². The van der Waals surface area contributed by atoms with Gasteiger partial charge in [-0.2, -0.15) is 0 Å². The fourth-order valence-electron chi connectivity index (χ4n) is 1.83. The van der Waals surface area contributed by atoms with Gasteiger partial charge in [-0.1, -0.05) is 0 Å². The van der Waals surface area contributed by atoms with Crippen molar-refractivity contribution in [3.63, 3.8) is 0 Å². The molecule has 100 valence electrons. The molecule has 0 aliphatic carbocycles. The van der Waals surface area contributed by atoms with Gasteiger partial charge in [0.05, 0.1) is 6.10 Å².